The van der Waals surface area contributed by atoms with Gasteiger partial charge in [0.15, 0.2) is 5.69 Å². The number of aryl methyl sites for hydroxylation is 1. The first-order valence-corrected chi connectivity index (χ1v) is 8.56. The average molecular weight is 351 g/mol. The van der Waals surface area contributed by atoms with Gasteiger partial charge in [-0.3, -0.25) is 9.59 Å². The zero-order valence-corrected chi connectivity index (χ0v) is 14.6. The zero-order valence-electron chi connectivity index (χ0n) is 14.6. The summed E-state index contributed by atoms with van der Waals surface area (Å²) in [5, 5.41) is 0. The summed E-state index contributed by atoms with van der Waals surface area (Å²) in [7, 11) is 1.51. The average Bonchev–Trinajstić information content (AvgIpc) is 2.86. The van der Waals surface area contributed by atoms with Gasteiger partial charge in [0.1, 0.15) is 0 Å². The van der Waals surface area contributed by atoms with Gasteiger partial charge in [-0.1, -0.05) is 37.3 Å². The maximum Gasteiger partial charge on any atom is 0.277 e. The largest absolute Gasteiger partial charge is 0.312 e. The van der Waals surface area contributed by atoms with E-state index >= 15 is 4.39 Å². The summed E-state index contributed by atoms with van der Waals surface area (Å²) in [6.45, 7) is 2.37. The Balaban J connectivity index is 2.08. The summed E-state index contributed by atoms with van der Waals surface area (Å²) in [6.07, 6.45) is 0.705. The van der Waals surface area contributed by atoms with Gasteiger partial charge in [-0.15, -0.1) is 0 Å². The number of aromatic nitrogens is 2. The van der Waals surface area contributed by atoms with Crippen LogP contribution in [0.1, 0.15) is 24.6 Å². The minimum atomic E-state index is -2.58. The third kappa shape index (κ3) is 2.05. The molecular formula is C20H18FN3O2. The van der Waals surface area contributed by atoms with Gasteiger partial charge >= 0.3 is 0 Å². The highest BCUT2D eigenvalue weighted by Crippen LogP contribution is 2.45. The van der Waals surface area contributed by atoms with E-state index in [1.807, 2.05) is 13.0 Å². The molecule has 0 N–H and O–H groups in total. The van der Waals surface area contributed by atoms with E-state index in [0.717, 1.165) is 0 Å². The molecule has 0 fully saturated rings. The van der Waals surface area contributed by atoms with Crippen molar-refractivity contribution in [3.05, 3.63) is 70.1 Å². The van der Waals surface area contributed by atoms with E-state index in [1.54, 1.807) is 36.4 Å². The maximum absolute atomic E-state index is 16.2. The quantitative estimate of drug-likeness (QED) is 0.729. The fourth-order valence-electron chi connectivity index (χ4n) is 3.60. The van der Waals surface area contributed by atoms with Crippen LogP contribution < -0.4 is 10.5 Å². The molecule has 4 rings (SSSR count). The number of rotatable bonds is 3. The topological polar surface area (TPSA) is 55.2 Å². The van der Waals surface area contributed by atoms with Crippen molar-refractivity contribution >= 4 is 22.6 Å². The molecule has 1 unspecified atom stereocenters. The van der Waals surface area contributed by atoms with E-state index in [9.17, 15) is 9.59 Å². The van der Waals surface area contributed by atoms with Crippen molar-refractivity contribution in [3.8, 4) is 0 Å². The second-order valence-electron chi connectivity index (χ2n) is 6.45. The van der Waals surface area contributed by atoms with Crippen LogP contribution in [0.2, 0.25) is 0 Å². The molecule has 2 aromatic carbocycles. The predicted octanol–water partition coefficient (Wildman–Crippen LogP) is 3.00. The SMILES string of the molecule is CCCn1c(=O)c(C2(F)C(=O)N(C)c3ccccc32)nc2ccccc21. The van der Waals surface area contributed by atoms with Crippen LogP contribution in [0, 0.1) is 0 Å². The summed E-state index contributed by atoms with van der Waals surface area (Å²) in [5.41, 5.74) is -1.77. The van der Waals surface area contributed by atoms with Crippen molar-refractivity contribution in [2.75, 3.05) is 11.9 Å². The minimum absolute atomic E-state index is 0.162. The number of anilines is 1. The number of hydrogen-bond donors (Lipinski definition) is 0. The Labute approximate surface area is 149 Å². The van der Waals surface area contributed by atoms with E-state index in [4.69, 9.17) is 0 Å². The standard InChI is InChI=1S/C20H18FN3O2/c1-3-12-24-16-11-7-5-9-14(16)22-17(18(24)25)20(21)13-8-4-6-10-15(13)23(2)19(20)26/h4-11H,3,12H2,1-2H3. The molecule has 1 aliphatic rings. The number of alkyl halides is 1. The summed E-state index contributed by atoms with van der Waals surface area (Å²) >= 11 is 0. The number of benzene rings is 2. The van der Waals surface area contributed by atoms with Crippen molar-refractivity contribution in [3.63, 3.8) is 0 Å². The maximum atomic E-state index is 16.2. The normalized spacial score (nSPS) is 19.2. The van der Waals surface area contributed by atoms with E-state index in [2.05, 4.69) is 4.98 Å². The van der Waals surface area contributed by atoms with Gasteiger partial charge in [0.2, 0.25) is 0 Å². The number of amides is 1. The van der Waals surface area contributed by atoms with Gasteiger partial charge in [0, 0.05) is 19.2 Å². The fourth-order valence-corrected chi connectivity index (χ4v) is 3.60. The molecule has 1 aromatic heterocycles. The number of para-hydroxylation sites is 3. The monoisotopic (exact) mass is 351 g/mol. The molecular weight excluding hydrogens is 333 g/mol. The molecule has 26 heavy (non-hydrogen) atoms. The Morgan fingerprint density at radius 1 is 1.08 bits per heavy atom. The summed E-state index contributed by atoms with van der Waals surface area (Å²) in [5.74, 6) is -0.790. The number of hydrogen-bond acceptors (Lipinski definition) is 3. The molecule has 1 amide bonds. The van der Waals surface area contributed by atoms with Crippen molar-refractivity contribution in [2.45, 2.75) is 25.6 Å². The highest BCUT2D eigenvalue weighted by molar-refractivity contribution is 6.08. The molecule has 0 aliphatic carbocycles. The van der Waals surface area contributed by atoms with Gasteiger partial charge in [-0.05, 0) is 24.6 Å². The molecule has 6 heteroatoms. The first kappa shape index (κ1) is 16.4. The van der Waals surface area contributed by atoms with Gasteiger partial charge in [-0.25, -0.2) is 9.37 Å². The van der Waals surface area contributed by atoms with Crippen LogP contribution >= 0.6 is 0 Å². The van der Waals surface area contributed by atoms with Crippen molar-refractivity contribution in [2.24, 2.45) is 0 Å². The lowest BCUT2D eigenvalue weighted by Crippen LogP contribution is -2.42. The van der Waals surface area contributed by atoms with Gasteiger partial charge in [-0.2, -0.15) is 0 Å². The van der Waals surface area contributed by atoms with Crippen LogP contribution in [-0.4, -0.2) is 22.5 Å². The Bertz CT molecular complexity index is 1090. The lowest BCUT2D eigenvalue weighted by Gasteiger charge is -2.20. The Hall–Kier alpha value is -3.02. The summed E-state index contributed by atoms with van der Waals surface area (Å²) in [6, 6.07) is 13.7. The molecule has 0 spiro atoms. The Kier molecular flexibility index (Phi) is 3.64. The molecule has 1 atom stereocenters. The Morgan fingerprint density at radius 2 is 1.77 bits per heavy atom. The van der Waals surface area contributed by atoms with Crippen LogP contribution in [-0.2, 0) is 17.0 Å². The lowest BCUT2D eigenvalue weighted by molar-refractivity contribution is -0.126. The Morgan fingerprint density at radius 3 is 2.54 bits per heavy atom. The van der Waals surface area contributed by atoms with Gasteiger partial charge < -0.3 is 9.47 Å². The highest BCUT2D eigenvalue weighted by Gasteiger charge is 2.55. The molecule has 0 radical (unpaired) electrons. The van der Waals surface area contributed by atoms with Crippen molar-refractivity contribution in [1.29, 1.82) is 0 Å². The second kappa shape index (κ2) is 5.76. The van der Waals surface area contributed by atoms with E-state index in [-0.39, 0.29) is 11.3 Å². The molecule has 2 heterocycles. The molecule has 5 nitrogen and oxygen atoms in total. The fraction of sp³-hybridized carbons (Fsp3) is 0.250. The molecule has 1 aliphatic heterocycles. The second-order valence-corrected chi connectivity index (χ2v) is 6.45. The van der Waals surface area contributed by atoms with Crippen LogP contribution in [0.4, 0.5) is 10.1 Å². The van der Waals surface area contributed by atoms with Crippen molar-refractivity contribution in [1.82, 2.24) is 9.55 Å². The summed E-state index contributed by atoms with van der Waals surface area (Å²) < 4.78 is 17.7. The number of carbonyl (C=O) groups is 1. The summed E-state index contributed by atoms with van der Waals surface area (Å²) in [4.78, 5) is 31.5. The smallest absolute Gasteiger partial charge is 0.277 e. The van der Waals surface area contributed by atoms with Crippen LogP contribution in [0.3, 0.4) is 0 Å². The number of likely N-dealkylation sites (N-methyl/N-ethyl adjacent to an activating group) is 1. The van der Waals surface area contributed by atoms with Gasteiger partial charge in [0.25, 0.3) is 17.1 Å². The van der Waals surface area contributed by atoms with Crippen LogP contribution in [0.15, 0.2) is 53.3 Å². The van der Waals surface area contributed by atoms with E-state index in [1.165, 1.54) is 22.6 Å². The first-order valence-electron chi connectivity index (χ1n) is 8.56. The minimum Gasteiger partial charge on any atom is -0.312 e. The molecule has 0 bridgehead atoms. The third-order valence-electron chi connectivity index (χ3n) is 4.86. The third-order valence-corrected chi connectivity index (χ3v) is 4.86. The molecule has 0 saturated heterocycles. The first-order chi connectivity index (χ1) is 12.5. The number of fused-ring (bicyclic) bond motifs is 2. The number of nitrogens with zero attached hydrogens (tertiary/aromatic N) is 3. The van der Waals surface area contributed by atoms with Crippen LogP contribution in [0.25, 0.3) is 11.0 Å². The number of carbonyl (C=O) groups excluding carboxylic acids is 1. The van der Waals surface area contributed by atoms with Crippen LogP contribution in [0.5, 0.6) is 0 Å². The van der Waals surface area contributed by atoms with Gasteiger partial charge in [0.05, 0.1) is 16.7 Å². The molecule has 132 valence electrons. The molecule has 3 aromatic rings. The lowest BCUT2D eigenvalue weighted by atomic mass is 9.93. The highest BCUT2D eigenvalue weighted by atomic mass is 19.1. The molecule has 0 saturated carbocycles. The predicted molar refractivity (Wildman–Crippen MR) is 98.0 cm³/mol. The van der Waals surface area contributed by atoms with E-state index in [0.29, 0.717) is 29.7 Å². The van der Waals surface area contributed by atoms with Crippen molar-refractivity contribution < 1.29 is 9.18 Å². The zero-order chi connectivity index (χ0) is 18.5. The van der Waals surface area contributed by atoms with E-state index < -0.39 is 17.1 Å². The number of halogens is 1.